The van der Waals surface area contributed by atoms with Gasteiger partial charge in [0, 0.05) is 36.5 Å². The molecule has 148 valence electrons. The summed E-state index contributed by atoms with van der Waals surface area (Å²) in [6, 6.07) is 16.0. The summed E-state index contributed by atoms with van der Waals surface area (Å²) in [5.41, 5.74) is 2.44. The molecular formula is C21H21N5O3. The molecule has 0 aliphatic rings. The van der Waals surface area contributed by atoms with Gasteiger partial charge in [-0.2, -0.15) is 0 Å². The molecule has 0 saturated heterocycles. The number of hydrogen-bond donors (Lipinski definition) is 3. The lowest BCUT2D eigenvalue weighted by Crippen LogP contribution is -2.15. The second-order valence-electron chi connectivity index (χ2n) is 6.17. The summed E-state index contributed by atoms with van der Waals surface area (Å²) in [5, 5.41) is 8.61. The molecule has 8 heteroatoms. The maximum atomic E-state index is 12.5. The van der Waals surface area contributed by atoms with E-state index in [4.69, 9.17) is 4.74 Å². The van der Waals surface area contributed by atoms with Crippen LogP contribution in [0.2, 0.25) is 0 Å². The predicted octanol–water partition coefficient (Wildman–Crippen LogP) is 3.31. The van der Waals surface area contributed by atoms with Crippen LogP contribution in [-0.4, -0.2) is 28.9 Å². The lowest BCUT2D eigenvalue weighted by atomic mass is 10.2. The first-order valence-corrected chi connectivity index (χ1v) is 8.92. The molecule has 1 aromatic heterocycles. The van der Waals surface area contributed by atoms with Crippen LogP contribution < -0.4 is 20.7 Å². The van der Waals surface area contributed by atoms with E-state index in [0.717, 1.165) is 11.3 Å². The Balaban J connectivity index is 1.64. The Labute approximate surface area is 168 Å². The Kier molecular flexibility index (Phi) is 6.36. The molecule has 2 amide bonds. The van der Waals surface area contributed by atoms with Crippen molar-refractivity contribution in [1.29, 1.82) is 0 Å². The molecule has 3 aromatic rings. The van der Waals surface area contributed by atoms with Crippen LogP contribution in [0, 0.1) is 0 Å². The molecular weight excluding hydrogens is 370 g/mol. The molecule has 0 fully saturated rings. The summed E-state index contributed by atoms with van der Waals surface area (Å²) in [5.74, 6) is 0.780. The third-order valence-corrected chi connectivity index (χ3v) is 4.02. The van der Waals surface area contributed by atoms with Crippen LogP contribution in [0.4, 0.5) is 17.2 Å². The van der Waals surface area contributed by atoms with E-state index in [1.165, 1.54) is 13.3 Å². The summed E-state index contributed by atoms with van der Waals surface area (Å²) in [4.78, 5) is 31.7. The number of aromatic nitrogens is 2. The second kappa shape index (κ2) is 9.32. The number of anilines is 3. The molecule has 0 aliphatic heterocycles. The van der Waals surface area contributed by atoms with Gasteiger partial charge in [0.2, 0.25) is 5.91 Å². The Morgan fingerprint density at radius 1 is 0.966 bits per heavy atom. The minimum Gasteiger partial charge on any atom is -0.496 e. The number of hydrogen-bond acceptors (Lipinski definition) is 6. The van der Waals surface area contributed by atoms with Gasteiger partial charge in [0.05, 0.1) is 7.11 Å². The highest BCUT2D eigenvalue weighted by Crippen LogP contribution is 2.19. The first-order valence-electron chi connectivity index (χ1n) is 8.92. The molecule has 0 spiro atoms. The number of para-hydroxylation sites is 1. The highest BCUT2D eigenvalue weighted by molar-refractivity contribution is 6.03. The van der Waals surface area contributed by atoms with Crippen molar-refractivity contribution < 1.29 is 14.3 Å². The van der Waals surface area contributed by atoms with E-state index in [2.05, 4.69) is 25.9 Å². The molecule has 8 nitrogen and oxygen atoms in total. The van der Waals surface area contributed by atoms with Gasteiger partial charge in [-0.15, -0.1) is 0 Å². The van der Waals surface area contributed by atoms with Gasteiger partial charge in [-0.1, -0.05) is 18.2 Å². The molecule has 3 N–H and O–H groups in total. The monoisotopic (exact) mass is 391 g/mol. The number of nitrogens with one attached hydrogen (secondary N) is 3. The van der Waals surface area contributed by atoms with Gasteiger partial charge in [0.25, 0.3) is 5.91 Å². The summed E-state index contributed by atoms with van der Waals surface area (Å²) >= 11 is 0. The van der Waals surface area contributed by atoms with Gasteiger partial charge >= 0.3 is 0 Å². The summed E-state index contributed by atoms with van der Waals surface area (Å²) in [6.07, 6.45) is 1.33. The molecule has 0 saturated carbocycles. The minimum absolute atomic E-state index is 0.157. The molecule has 0 bridgehead atoms. The first-order chi connectivity index (χ1) is 14.0. The molecule has 0 atom stereocenters. The van der Waals surface area contributed by atoms with E-state index in [-0.39, 0.29) is 17.5 Å². The average Bonchev–Trinajstić information content (AvgIpc) is 2.73. The maximum absolute atomic E-state index is 12.5. The molecule has 2 aromatic carbocycles. The van der Waals surface area contributed by atoms with Gasteiger partial charge in [-0.05, 0) is 30.3 Å². The van der Waals surface area contributed by atoms with Gasteiger partial charge in [-0.3, -0.25) is 9.59 Å². The Hall–Kier alpha value is -3.94. The van der Waals surface area contributed by atoms with E-state index in [1.54, 1.807) is 37.4 Å². The number of carbonyl (C=O) groups excluding carboxylic acids is 2. The number of methoxy groups -OCH3 is 1. The van der Waals surface area contributed by atoms with Crippen LogP contribution in [-0.2, 0) is 11.3 Å². The number of ether oxygens (including phenoxy) is 1. The zero-order chi connectivity index (χ0) is 20.6. The van der Waals surface area contributed by atoms with Gasteiger partial charge in [0.1, 0.15) is 23.6 Å². The van der Waals surface area contributed by atoms with Crippen LogP contribution in [0.25, 0.3) is 0 Å². The molecule has 0 unspecified atom stereocenters. The SMILES string of the molecule is COc1ccccc1CNc1cc(C(=O)Nc2ccc(NC(C)=O)cc2)ncn1. The van der Waals surface area contributed by atoms with E-state index >= 15 is 0 Å². The van der Waals surface area contributed by atoms with Crippen molar-refractivity contribution in [2.75, 3.05) is 23.1 Å². The Bertz CT molecular complexity index is 1010. The van der Waals surface area contributed by atoms with Crippen LogP contribution in [0.3, 0.4) is 0 Å². The lowest BCUT2D eigenvalue weighted by Gasteiger charge is -2.10. The molecule has 1 heterocycles. The van der Waals surface area contributed by atoms with Crippen LogP contribution in [0.15, 0.2) is 60.9 Å². The number of benzene rings is 2. The fourth-order valence-electron chi connectivity index (χ4n) is 2.65. The van der Waals surface area contributed by atoms with E-state index in [0.29, 0.717) is 23.7 Å². The maximum Gasteiger partial charge on any atom is 0.274 e. The summed E-state index contributed by atoms with van der Waals surface area (Å²) < 4.78 is 5.33. The number of amides is 2. The highest BCUT2D eigenvalue weighted by atomic mass is 16.5. The van der Waals surface area contributed by atoms with E-state index in [9.17, 15) is 9.59 Å². The van der Waals surface area contributed by atoms with Crippen molar-refractivity contribution in [2.24, 2.45) is 0 Å². The van der Waals surface area contributed by atoms with Gasteiger partial charge < -0.3 is 20.7 Å². The normalized spacial score (nSPS) is 10.1. The van der Waals surface area contributed by atoms with Crippen molar-refractivity contribution in [2.45, 2.75) is 13.5 Å². The first kappa shape index (κ1) is 19.8. The molecule has 0 aliphatic carbocycles. The molecule has 29 heavy (non-hydrogen) atoms. The summed E-state index contributed by atoms with van der Waals surface area (Å²) in [6.45, 7) is 1.93. The van der Waals surface area contributed by atoms with Crippen LogP contribution >= 0.6 is 0 Å². The zero-order valence-corrected chi connectivity index (χ0v) is 16.1. The smallest absolute Gasteiger partial charge is 0.274 e. The minimum atomic E-state index is -0.361. The third kappa shape index (κ3) is 5.52. The topological polar surface area (TPSA) is 105 Å². The fraction of sp³-hybridized carbons (Fsp3) is 0.143. The van der Waals surface area contributed by atoms with Crippen molar-refractivity contribution in [1.82, 2.24) is 9.97 Å². The van der Waals surface area contributed by atoms with Gasteiger partial charge in [-0.25, -0.2) is 9.97 Å². The predicted molar refractivity (Wildman–Crippen MR) is 111 cm³/mol. The Morgan fingerprint density at radius 3 is 2.34 bits per heavy atom. The van der Waals surface area contributed by atoms with E-state index in [1.807, 2.05) is 24.3 Å². The van der Waals surface area contributed by atoms with Crippen molar-refractivity contribution in [3.8, 4) is 5.75 Å². The number of nitrogens with zero attached hydrogens (tertiary/aromatic N) is 2. The van der Waals surface area contributed by atoms with E-state index < -0.39 is 0 Å². The molecule has 0 radical (unpaired) electrons. The number of rotatable bonds is 7. The fourth-order valence-corrected chi connectivity index (χ4v) is 2.65. The third-order valence-electron chi connectivity index (χ3n) is 4.02. The summed E-state index contributed by atoms with van der Waals surface area (Å²) in [7, 11) is 1.62. The molecule has 3 rings (SSSR count). The number of carbonyl (C=O) groups is 2. The van der Waals surface area contributed by atoms with Crippen LogP contribution in [0.5, 0.6) is 5.75 Å². The van der Waals surface area contributed by atoms with Crippen LogP contribution in [0.1, 0.15) is 23.0 Å². The van der Waals surface area contributed by atoms with Gasteiger partial charge in [0.15, 0.2) is 0 Å². The zero-order valence-electron chi connectivity index (χ0n) is 16.1. The second-order valence-corrected chi connectivity index (χ2v) is 6.17. The standard InChI is InChI=1S/C21H21N5O3/c1-14(27)25-16-7-9-17(10-8-16)26-21(28)18-11-20(24-13-23-18)22-12-15-5-3-4-6-19(15)29-2/h3-11,13H,12H2,1-2H3,(H,25,27)(H,26,28)(H,22,23,24). The largest absolute Gasteiger partial charge is 0.496 e. The van der Waals surface area contributed by atoms with Crippen molar-refractivity contribution >= 4 is 29.0 Å². The van der Waals surface area contributed by atoms with Crippen molar-refractivity contribution in [3.63, 3.8) is 0 Å². The average molecular weight is 391 g/mol. The quantitative estimate of drug-likeness (QED) is 0.571. The Morgan fingerprint density at radius 2 is 1.66 bits per heavy atom. The van der Waals surface area contributed by atoms with Crippen molar-refractivity contribution in [3.05, 3.63) is 72.2 Å². The highest BCUT2D eigenvalue weighted by Gasteiger charge is 2.10. The lowest BCUT2D eigenvalue weighted by molar-refractivity contribution is -0.114.